The zero-order chi connectivity index (χ0) is 14.5. The van der Waals surface area contributed by atoms with Crippen LogP contribution >= 0.6 is 11.5 Å². The summed E-state index contributed by atoms with van der Waals surface area (Å²) in [6.45, 7) is 3.08. The highest BCUT2D eigenvalue weighted by Crippen LogP contribution is 2.36. The molecule has 1 unspecified atom stereocenters. The second-order valence-electron chi connectivity index (χ2n) is 4.82. The van der Waals surface area contributed by atoms with Crippen LogP contribution in [0, 0.1) is 0 Å². The molecule has 7 heteroatoms. The minimum absolute atomic E-state index is 0.143. The lowest BCUT2D eigenvalue weighted by molar-refractivity contribution is 0.0528. The standard InChI is InChI=1S/C13H21N3O3S/c1-2-19-13(18)10-11(14)15-20-12(10)16-7-4-3-5-9(16)6-8-17/h9,17H,2-8H2,1H3,(H2,14,15). The molecule has 2 rings (SSSR count). The van der Waals surface area contributed by atoms with Gasteiger partial charge < -0.3 is 20.5 Å². The summed E-state index contributed by atoms with van der Waals surface area (Å²) in [7, 11) is 0. The molecule has 1 fully saturated rings. The molecule has 0 amide bonds. The fraction of sp³-hybridized carbons (Fsp3) is 0.692. The molecular formula is C13H21N3O3S. The van der Waals surface area contributed by atoms with Gasteiger partial charge in [-0.25, -0.2) is 4.79 Å². The van der Waals surface area contributed by atoms with Crippen molar-refractivity contribution in [2.24, 2.45) is 0 Å². The molecule has 0 saturated carbocycles. The van der Waals surface area contributed by atoms with E-state index in [2.05, 4.69) is 9.27 Å². The summed E-state index contributed by atoms with van der Waals surface area (Å²) >= 11 is 1.23. The minimum Gasteiger partial charge on any atom is -0.462 e. The molecule has 0 radical (unpaired) electrons. The van der Waals surface area contributed by atoms with Crippen LogP contribution in [-0.4, -0.2) is 41.2 Å². The molecule has 1 saturated heterocycles. The van der Waals surface area contributed by atoms with Gasteiger partial charge in [0.2, 0.25) is 0 Å². The van der Waals surface area contributed by atoms with Gasteiger partial charge in [0.05, 0.1) is 6.61 Å². The van der Waals surface area contributed by atoms with E-state index < -0.39 is 5.97 Å². The summed E-state index contributed by atoms with van der Waals surface area (Å²) in [5.74, 6) is -0.182. The number of hydrogen-bond acceptors (Lipinski definition) is 7. The Kier molecular flexibility index (Phi) is 5.19. The van der Waals surface area contributed by atoms with E-state index in [1.807, 2.05) is 0 Å². The minimum atomic E-state index is -0.415. The number of carbonyl (C=O) groups is 1. The highest BCUT2D eigenvalue weighted by atomic mass is 32.1. The highest BCUT2D eigenvalue weighted by Gasteiger charge is 2.30. The zero-order valence-electron chi connectivity index (χ0n) is 11.7. The second-order valence-corrected chi connectivity index (χ2v) is 5.58. The largest absolute Gasteiger partial charge is 0.462 e. The molecule has 1 aromatic heterocycles. The van der Waals surface area contributed by atoms with Crippen LogP contribution in [0.5, 0.6) is 0 Å². The van der Waals surface area contributed by atoms with E-state index in [1.54, 1.807) is 6.92 Å². The molecule has 1 aliphatic rings. The molecule has 3 N–H and O–H groups in total. The van der Waals surface area contributed by atoms with Gasteiger partial charge in [-0.15, -0.1) is 0 Å². The number of aliphatic hydroxyl groups is 1. The van der Waals surface area contributed by atoms with Crippen LogP contribution in [-0.2, 0) is 4.74 Å². The van der Waals surface area contributed by atoms with Crippen molar-refractivity contribution in [3.63, 3.8) is 0 Å². The van der Waals surface area contributed by atoms with Gasteiger partial charge >= 0.3 is 5.97 Å². The quantitative estimate of drug-likeness (QED) is 0.804. The number of aliphatic hydroxyl groups excluding tert-OH is 1. The average molecular weight is 299 g/mol. The van der Waals surface area contributed by atoms with Gasteiger partial charge in [0.1, 0.15) is 10.6 Å². The summed E-state index contributed by atoms with van der Waals surface area (Å²) in [6, 6.07) is 0.238. The number of esters is 1. The van der Waals surface area contributed by atoms with E-state index in [9.17, 15) is 9.90 Å². The number of aromatic nitrogens is 1. The third kappa shape index (κ3) is 3.04. The van der Waals surface area contributed by atoms with Crippen LogP contribution in [0.1, 0.15) is 43.0 Å². The zero-order valence-corrected chi connectivity index (χ0v) is 12.5. The smallest absolute Gasteiger partial charge is 0.345 e. The fourth-order valence-corrected chi connectivity index (χ4v) is 3.50. The van der Waals surface area contributed by atoms with Gasteiger partial charge in [0.25, 0.3) is 0 Å². The first-order valence-corrected chi connectivity index (χ1v) is 7.76. The van der Waals surface area contributed by atoms with Crippen LogP contribution in [0.15, 0.2) is 0 Å². The van der Waals surface area contributed by atoms with Gasteiger partial charge in [-0.2, -0.15) is 4.37 Å². The van der Waals surface area contributed by atoms with Crippen molar-refractivity contribution in [2.45, 2.75) is 38.6 Å². The van der Waals surface area contributed by atoms with Crippen molar-refractivity contribution < 1.29 is 14.6 Å². The Bertz CT molecular complexity index is 462. The molecule has 112 valence electrons. The summed E-state index contributed by atoms with van der Waals surface area (Å²) < 4.78 is 9.17. The van der Waals surface area contributed by atoms with Crippen molar-refractivity contribution >= 4 is 28.3 Å². The van der Waals surface area contributed by atoms with Gasteiger partial charge in [-0.3, -0.25) is 0 Å². The number of ether oxygens (including phenoxy) is 1. The van der Waals surface area contributed by atoms with Crippen molar-refractivity contribution in [1.29, 1.82) is 0 Å². The number of hydrogen-bond donors (Lipinski definition) is 2. The van der Waals surface area contributed by atoms with Crippen LogP contribution in [0.2, 0.25) is 0 Å². The lowest BCUT2D eigenvalue weighted by Crippen LogP contribution is -2.40. The van der Waals surface area contributed by atoms with E-state index >= 15 is 0 Å². The third-order valence-corrected chi connectivity index (χ3v) is 4.43. The Balaban J connectivity index is 2.28. The van der Waals surface area contributed by atoms with E-state index in [4.69, 9.17) is 10.5 Å². The number of nitrogens with two attached hydrogens (primary N) is 1. The molecule has 6 nitrogen and oxygen atoms in total. The molecule has 0 spiro atoms. The Labute approximate surface area is 122 Å². The predicted octanol–water partition coefficient (Wildman–Crippen LogP) is 1.64. The lowest BCUT2D eigenvalue weighted by Gasteiger charge is -2.36. The molecule has 1 aliphatic heterocycles. The van der Waals surface area contributed by atoms with E-state index in [0.717, 1.165) is 30.8 Å². The van der Waals surface area contributed by atoms with E-state index in [1.165, 1.54) is 11.5 Å². The maximum Gasteiger partial charge on any atom is 0.345 e. The Hall–Kier alpha value is -1.34. The van der Waals surface area contributed by atoms with Crippen molar-refractivity contribution in [1.82, 2.24) is 4.37 Å². The van der Waals surface area contributed by atoms with Gasteiger partial charge in [0, 0.05) is 19.2 Å². The second kappa shape index (κ2) is 6.90. The SMILES string of the molecule is CCOC(=O)c1c(N)nsc1N1CCCCC1CCO. The Morgan fingerprint density at radius 3 is 3.10 bits per heavy atom. The van der Waals surface area contributed by atoms with Gasteiger partial charge in [-0.1, -0.05) is 0 Å². The van der Waals surface area contributed by atoms with Crippen LogP contribution < -0.4 is 10.6 Å². The molecule has 1 aromatic rings. The van der Waals surface area contributed by atoms with Crippen molar-refractivity contribution in [2.75, 3.05) is 30.4 Å². The number of nitrogens with zero attached hydrogens (tertiary/aromatic N) is 2. The normalized spacial score (nSPS) is 19.1. The fourth-order valence-electron chi connectivity index (χ4n) is 2.60. The van der Waals surface area contributed by atoms with E-state index in [-0.39, 0.29) is 18.5 Å². The predicted molar refractivity (Wildman–Crippen MR) is 79.2 cm³/mol. The topological polar surface area (TPSA) is 88.7 Å². The molecule has 0 bridgehead atoms. The number of rotatable bonds is 5. The number of nitrogen functional groups attached to an aromatic ring is 1. The summed E-state index contributed by atoms with van der Waals surface area (Å²) in [6.07, 6.45) is 3.92. The van der Waals surface area contributed by atoms with Crippen molar-refractivity contribution in [3.8, 4) is 0 Å². The molecule has 20 heavy (non-hydrogen) atoms. The highest BCUT2D eigenvalue weighted by molar-refractivity contribution is 7.11. The number of carbonyl (C=O) groups excluding carboxylic acids is 1. The molecular weight excluding hydrogens is 278 g/mol. The van der Waals surface area contributed by atoms with Crippen LogP contribution in [0.25, 0.3) is 0 Å². The Morgan fingerprint density at radius 2 is 2.40 bits per heavy atom. The monoisotopic (exact) mass is 299 g/mol. The number of anilines is 2. The Morgan fingerprint density at radius 1 is 1.60 bits per heavy atom. The summed E-state index contributed by atoms with van der Waals surface area (Å²) in [5.41, 5.74) is 6.20. The lowest BCUT2D eigenvalue weighted by atomic mass is 9.99. The molecule has 2 heterocycles. The molecule has 1 atom stereocenters. The first-order chi connectivity index (χ1) is 9.69. The van der Waals surface area contributed by atoms with E-state index in [0.29, 0.717) is 18.6 Å². The van der Waals surface area contributed by atoms with Gasteiger partial charge in [-0.05, 0) is 44.1 Å². The number of piperidine rings is 1. The van der Waals surface area contributed by atoms with Crippen LogP contribution in [0.4, 0.5) is 10.8 Å². The maximum atomic E-state index is 12.0. The summed E-state index contributed by atoms with van der Waals surface area (Å²) in [5, 5.41) is 9.97. The third-order valence-electron chi connectivity index (χ3n) is 3.53. The maximum absolute atomic E-state index is 12.0. The van der Waals surface area contributed by atoms with Crippen molar-refractivity contribution in [3.05, 3.63) is 5.56 Å². The summed E-state index contributed by atoms with van der Waals surface area (Å²) in [4.78, 5) is 14.2. The van der Waals surface area contributed by atoms with Gasteiger partial charge in [0.15, 0.2) is 5.82 Å². The average Bonchev–Trinajstić information content (AvgIpc) is 2.82. The first kappa shape index (κ1) is 15.1. The first-order valence-electron chi connectivity index (χ1n) is 6.98. The molecule has 0 aliphatic carbocycles. The van der Waals surface area contributed by atoms with Crippen LogP contribution in [0.3, 0.4) is 0 Å². The molecule has 0 aromatic carbocycles.